The Hall–Kier alpha value is -4.00. The molecule has 1 amide bonds. The highest BCUT2D eigenvalue weighted by atomic mass is 19.4. The van der Waals surface area contributed by atoms with Gasteiger partial charge in [-0.05, 0) is 38.0 Å². The summed E-state index contributed by atoms with van der Waals surface area (Å²) in [5, 5.41) is 11.2. The predicted octanol–water partition coefficient (Wildman–Crippen LogP) is 4.23. The van der Waals surface area contributed by atoms with Gasteiger partial charge in [0.1, 0.15) is 0 Å². The van der Waals surface area contributed by atoms with Gasteiger partial charge in [0.15, 0.2) is 0 Å². The number of fused-ring (bicyclic) bond motifs is 1. The molecule has 1 aliphatic carbocycles. The van der Waals surface area contributed by atoms with Gasteiger partial charge in [0.25, 0.3) is 5.91 Å². The maximum Gasteiger partial charge on any atom is 0.391 e. The summed E-state index contributed by atoms with van der Waals surface area (Å²) >= 11 is 0. The number of amides is 1. The van der Waals surface area contributed by atoms with E-state index in [1.165, 1.54) is 12.4 Å². The van der Waals surface area contributed by atoms with Gasteiger partial charge >= 0.3 is 6.18 Å². The normalized spacial score (nSPS) is 21.9. The number of hydrogen-bond acceptors (Lipinski definition) is 8. The van der Waals surface area contributed by atoms with E-state index in [2.05, 4.69) is 30.4 Å². The highest BCUT2D eigenvalue weighted by Gasteiger charge is 2.50. The van der Waals surface area contributed by atoms with E-state index < -0.39 is 18.0 Å². The molecular weight excluding hydrogens is 515 g/mol. The molecule has 4 aromatic heterocycles. The minimum Gasteiger partial charge on any atom is -0.380 e. The van der Waals surface area contributed by atoms with E-state index in [-0.39, 0.29) is 35.9 Å². The van der Waals surface area contributed by atoms with Crippen LogP contribution in [-0.2, 0) is 4.74 Å². The van der Waals surface area contributed by atoms with Crippen molar-refractivity contribution in [1.29, 1.82) is 0 Å². The number of aromatic nitrogens is 5. The van der Waals surface area contributed by atoms with Crippen LogP contribution in [0.4, 0.5) is 24.5 Å². The lowest BCUT2D eigenvalue weighted by molar-refractivity contribution is -0.198. The zero-order valence-corrected chi connectivity index (χ0v) is 20.9. The summed E-state index contributed by atoms with van der Waals surface area (Å²) in [6, 6.07) is 5.61. The van der Waals surface area contributed by atoms with Crippen molar-refractivity contribution < 1.29 is 27.2 Å². The van der Waals surface area contributed by atoms with E-state index in [9.17, 15) is 18.0 Å². The van der Waals surface area contributed by atoms with Crippen LogP contribution in [-0.4, -0.2) is 63.1 Å². The summed E-state index contributed by atoms with van der Waals surface area (Å²) < 4.78 is 50.8. The van der Waals surface area contributed by atoms with Crippen LogP contribution in [0, 0.1) is 18.3 Å². The van der Waals surface area contributed by atoms with Crippen LogP contribution >= 0.6 is 0 Å². The molecule has 0 atom stereocenters. The van der Waals surface area contributed by atoms with E-state index in [1.807, 2.05) is 18.3 Å². The molecule has 6 heterocycles. The van der Waals surface area contributed by atoms with Gasteiger partial charge in [-0.15, -0.1) is 0 Å². The van der Waals surface area contributed by atoms with Crippen molar-refractivity contribution in [1.82, 2.24) is 24.7 Å². The van der Waals surface area contributed by atoms with Crippen LogP contribution in [0.5, 0.6) is 0 Å². The van der Waals surface area contributed by atoms with Gasteiger partial charge in [0.2, 0.25) is 11.7 Å². The monoisotopic (exact) mass is 539 g/mol. The number of nitrogens with zero attached hydrogens (tertiary/aromatic N) is 6. The first-order valence-corrected chi connectivity index (χ1v) is 12.7. The van der Waals surface area contributed by atoms with Crippen LogP contribution in [0.3, 0.4) is 0 Å². The smallest absolute Gasteiger partial charge is 0.380 e. The quantitative estimate of drug-likeness (QED) is 0.401. The Morgan fingerprint density at radius 1 is 1.18 bits per heavy atom. The van der Waals surface area contributed by atoms with Crippen molar-refractivity contribution in [3.8, 4) is 11.4 Å². The Balaban J connectivity index is 1.08. The second-order valence-corrected chi connectivity index (χ2v) is 10.8. The van der Waals surface area contributed by atoms with Gasteiger partial charge < -0.3 is 19.5 Å². The number of carbonyl (C=O) groups is 1. The van der Waals surface area contributed by atoms with Crippen LogP contribution in [0.1, 0.15) is 40.7 Å². The fraction of sp³-hybridized carbons (Fsp3) is 0.423. The average molecular weight is 540 g/mol. The van der Waals surface area contributed by atoms with Gasteiger partial charge in [-0.1, -0.05) is 5.16 Å². The second kappa shape index (κ2) is 8.50. The largest absolute Gasteiger partial charge is 0.391 e. The first kappa shape index (κ1) is 24.1. The summed E-state index contributed by atoms with van der Waals surface area (Å²) in [4.78, 5) is 24.2. The SMILES string of the molecule is Cc1ncc(-c2noc(C3CC(C(F)(F)F)C3)n2)cc1NC(=O)c1cnn2ccc(N3CC4(COC4)C3)cc12. The zero-order valence-electron chi connectivity index (χ0n) is 20.9. The molecule has 1 saturated carbocycles. The Kier molecular flexibility index (Phi) is 5.25. The molecule has 202 valence electrons. The number of pyridine rings is 2. The van der Waals surface area contributed by atoms with E-state index in [4.69, 9.17) is 9.26 Å². The molecule has 2 aliphatic heterocycles. The molecule has 39 heavy (non-hydrogen) atoms. The molecule has 7 rings (SSSR count). The third-order valence-corrected chi connectivity index (χ3v) is 7.97. The van der Waals surface area contributed by atoms with Gasteiger partial charge in [-0.2, -0.15) is 23.3 Å². The number of anilines is 2. The highest BCUT2D eigenvalue weighted by molar-refractivity contribution is 6.09. The van der Waals surface area contributed by atoms with Gasteiger partial charge in [0.05, 0.1) is 53.2 Å². The van der Waals surface area contributed by atoms with E-state index in [0.29, 0.717) is 28.0 Å². The maximum absolute atomic E-state index is 13.3. The van der Waals surface area contributed by atoms with Crippen LogP contribution in [0.15, 0.2) is 41.3 Å². The summed E-state index contributed by atoms with van der Waals surface area (Å²) in [5.41, 5.74) is 3.89. The van der Waals surface area contributed by atoms with Crippen molar-refractivity contribution in [3.63, 3.8) is 0 Å². The molecule has 1 spiro atoms. The number of carbonyl (C=O) groups excluding carboxylic acids is 1. The molecule has 3 aliphatic rings. The molecule has 0 radical (unpaired) electrons. The lowest BCUT2D eigenvalue weighted by atomic mass is 9.74. The van der Waals surface area contributed by atoms with Gasteiger partial charge in [0, 0.05) is 42.7 Å². The number of nitrogens with one attached hydrogen (secondary N) is 1. The third-order valence-electron chi connectivity index (χ3n) is 7.97. The Labute approximate surface area is 220 Å². The van der Waals surface area contributed by atoms with E-state index in [1.54, 1.807) is 17.5 Å². The van der Waals surface area contributed by atoms with Crippen LogP contribution < -0.4 is 10.2 Å². The van der Waals surface area contributed by atoms with Crippen LogP contribution in [0.2, 0.25) is 0 Å². The van der Waals surface area contributed by atoms with Crippen molar-refractivity contribution in [3.05, 3.63) is 53.9 Å². The molecule has 3 fully saturated rings. The number of aryl methyl sites for hydroxylation is 1. The number of hydrogen-bond donors (Lipinski definition) is 1. The minimum absolute atomic E-state index is 0.0625. The highest BCUT2D eigenvalue weighted by Crippen LogP contribution is 2.49. The van der Waals surface area contributed by atoms with Crippen LogP contribution in [0.25, 0.3) is 16.9 Å². The molecule has 13 heteroatoms. The predicted molar refractivity (Wildman–Crippen MR) is 132 cm³/mol. The fourth-order valence-electron chi connectivity index (χ4n) is 5.44. The van der Waals surface area contributed by atoms with Crippen molar-refractivity contribution in [2.45, 2.75) is 31.9 Å². The Morgan fingerprint density at radius 3 is 2.69 bits per heavy atom. The van der Waals surface area contributed by atoms with E-state index in [0.717, 1.165) is 32.0 Å². The topological polar surface area (TPSA) is 111 Å². The molecule has 10 nitrogen and oxygen atoms in total. The molecule has 1 N–H and O–H groups in total. The average Bonchev–Trinajstić information content (AvgIpc) is 3.44. The first-order valence-electron chi connectivity index (χ1n) is 12.7. The lowest BCUT2D eigenvalue weighted by Gasteiger charge is -2.56. The molecule has 2 saturated heterocycles. The summed E-state index contributed by atoms with van der Waals surface area (Å²) in [5.74, 6) is -1.72. The number of ether oxygens (including phenoxy) is 1. The minimum atomic E-state index is -4.21. The third kappa shape index (κ3) is 4.11. The molecule has 0 unspecified atom stereocenters. The molecular formula is C26H24F3N7O3. The standard InChI is InChI=1S/C26H24F3N7O3/c1-14-20(6-16(8-30-14)22-33-24(39-34-22)15-4-17(5-15)26(27,28)29)32-23(37)19-9-31-36-3-2-18(7-21(19)36)35-10-25(11-35)12-38-13-25/h2-3,6-9,15,17H,4-5,10-13H2,1H3,(H,32,37). The van der Waals surface area contributed by atoms with Crippen molar-refractivity contribution in [2.24, 2.45) is 11.3 Å². The Bertz CT molecular complexity index is 1580. The zero-order chi connectivity index (χ0) is 26.9. The first-order chi connectivity index (χ1) is 18.7. The van der Waals surface area contributed by atoms with Crippen molar-refractivity contribution >= 4 is 22.8 Å². The lowest BCUT2D eigenvalue weighted by Crippen LogP contribution is -2.66. The summed E-state index contributed by atoms with van der Waals surface area (Å²) in [6.45, 7) is 5.20. The van der Waals surface area contributed by atoms with E-state index >= 15 is 0 Å². The summed E-state index contributed by atoms with van der Waals surface area (Å²) in [7, 11) is 0. The Morgan fingerprint density at radius 2 is 1.97 bits per heavy atom. The maximum atomic E-state index is 13.3. The number of halogens is 3. The molecule has 0 aromatic carbocycles. The number of rotatable bonds is 5. The van der Waals surface area contributed by atoms with Gasteiger partial charge in [-0.3, -0.25) is 9.78 Å². The number of alkyl halides is 3. The van der Waals surface area contributed by atoms with Crippen molar-refractivity contribution in [2.75, 3.05) is 36.5 Å². The molecule has 0 bridgehead atoms. The van der Waals surface area contributed by atoms with Gasteiger partial charge in [-0.25, -0.2) is 4.52 Å². The second-order valence-electron chi connectivity index (χ2n) is 10.8. The molecule has 4 aromatic rings. The summed E-state index contributed by atoms with van der Waals surface area (Å²) in [6.07, 6.45) is 0.563. The fourth-order valence-corrected chi connectivity index (χ4v) is 5.44.